The molecular weight excluding hydrogens is 331 g/mol. The quantitative estimate of drug-likeness (QED) is 0.787. The molecular formula is C18H28ClFN2O2. The third-order valence-electron chi connectivity index (χ3n) is 4.55. The molecule has 136 valence electrons. The van der Waals surface area contributed by atoms with Gasteiger partial charge in [0.25, 0.3) is 0 Å². The van der Waals surface area contributed by atoms with Gasteiger partial charge in [0.2, 0.25) is 5.91 Å². The van der Waals surface area contributed by atoms with E-state index in [-0.39, 0.29) is 30.7 Å². The Morgan fingerprint density at radius 1 is 1.50 bits per heavy atom. The number of rotatable bonds is 7. The van der Waals surface area contributed by atoms with Crippen LogP contribution in [0.5, 0.6) is 0 Å². The second-order valence-electron chi connectivity index (χ2n) is 6.42. The third-order valence-corrected chi connectivity index (χ3v) is 4.55. The molecule has 2 N–H and O–H groups in total. The van der Waals surface area contributed by atoms with E-state index in [0.717, 1.165) is 18.7 Å². The fourth-order valence-corrected chi connectivity index (χ4v) is 3.10. The van der Waals surface area contributed by atoms with Gasteiger partial charge >= 0.3 is 0 Å². The average Bonchev–Trinajstić information content (AvgIpc) is 2.56. The van der Waals surface area contributed by atoms with Gasteiger partial charge in [0.05, 0.1) is 6.61 Å². The van der Waals surface area contributed by atoms with Gasteiger partial charge in [0.1, 0.15) is 5.82 Å². The monoisotopic (exact) mass is 358 g/mol. The van der Waals surface area contributed by atoms with Gasteiger partial charge < -0.3 is 15.4 Å². The highest BCUT2D eigenvalue weighted by atomic mass is 35.5. The number of amides is 1. The summed E-state index contributed by atoms with van der Waals surface area (Å²) in [6.45, 7) is 4.90. The lowest BCUT2D eigenvalue weighted by molar-refractivity contribution is -0.122. The van der Waals surface area contributed by atoms with E-state index in [1.54, 1.807) is 12.1 Å². The molecule has 1 aromatic carbocycles. The molecule has 24 heavy (non-hydrogen) atoms. The first-order valence-corrected chi connectivity index (χ1v) is 8.33. The Morgan fingerprint density at radius 2 is 2.29 bits per heavy atom. The summed E-state index contributed by atoms with van der Waals surface area (Å²) in [7, 11) is 1.54. The number of benzene rings is 1. The molecule has 0 bridgehead atoms. The molecule has 1 saturated heterocycles. The molecule has 1 aromatic rings. The first kappa shape index (κ1) is 20.9. The summed E-state index contributed by atoms with van der Waals surface area (Å²) in [6.07, 6.45) is 2.92. The highest BCUT2D eigenvalue weighted by Crippen LogP contribution is 2.22. The van der Waals surface area contributed by atoms with Crippen molar-refractivity contribution in [3.63, 3.8) is 0 Å². The van der Waals surface area contributed by atoms with Crippen molar-refractivity contribution in [3.8, 4) is 0 Å². The first-order chi connectivity index (χ1) is 11.1. The molecule has 0 aliphatic carbocycles. The normalized spacial score (nSPS) is 18.5. The number of hydrogen-bond acceptors (Lipinski definition) is 3. The minimum atomic E-state index is -0.277. The van der Waals surface area contributed by atoms with Crippen LogP contribution < -0.4 is 10.6 Å². The van der Waals surface area contributed by atoms with Gasteiger partial charge in [-0.25, -0.2) is 4.39 Å². The summed E-state index contributed by atoms with van der Waals surface area (Å²) in [4.78, 5) is 12.1. The van der Waals surface area contributed by atoms with Crippen molar-refractivity contribution < 1.29 is 13.9 Å². The van der Waals surface area contributed by atoms with Gasteiger partial charge in [-0.1, -0.05) is 13.0 Å². The fourth-order valence-electron chi connectivity index (χ4n) is 3.10. The smallest absolute Gasteiger partial charge is 0.220 e. The van der Waals surface area contributed by atoms with Crippen LogP contribution in [0.2, 0.25) is 0 Å². The zero-order valence-corrected chi connectivity index (χ0v) is 15.3. The Morgan fingerprint density at radius 3 is 2.96 bits per heavy atom. The first-order valence-electron chi connectivity index (χ1n) is 8.33. The number of carbonyl (C=O) groups is 1. The molecule has 1 aliphatic rings. The van der Waals surface area contributed by atoms with Crippen LogP contribution in [0.1, 0.15) is 37.3 Å². The van der Waals surface area contributed by atoms with E-state index >= 15 is 0 Å². The topological polar surface area (TPSA) is 50.4 Å². The number of piperidine rings is 1. The van der Waals surface area contributed by atoms with Gasteiger partial charge in [0.15, 0.2) is 0 Å². The van der Waals surface area contributed by atoms with Crippen molar-refractivity contribution in [2.24, 2.45) is 11.8 Å². The maximum atomic E-state index is 13.6. The van der Waals surface area contributed by atoms with E-state index in [1.165, 1.54) is 26.0 Å². The lowest BCUT2D eigenvalue weighted by Crippen LogP contribution is -2.35. The zero-order chi connectivity index (χ0) is 16.7. The Labute approximate surface area is 149 Å². The van der Waals surface area contributed by atoms with E-state index in [1.807, 2.05) is 0 Å². The van der Waals surface area contributed by atoms with Gasteiger partial charge in [-0.05, 0) is 55.5 Å². The minimum Gasteiger partial charge on any atom is -0.380 e. The molecule has 2 unspecified atom stereocenters. The van der Waals surface area contributed by atoms with Gasteiger partial charge in [-0.2, -0.15) is 0 Å². The molecule has 4 nitrogen and oxygen atoms in total. The predicted molar refractivity (Wildman–Crippen MR) is 95.6 cm³/mol. The molecule has 2 rings (SSSR count). The van der Waals surface area contributed by atoms with Crippen molar-refractivity contribution in [2.45, 2.75) is 39.3 Å². The second kappa shape index (κ2) is 10.6. The van der Waals surface area contributed by atoms with E-state index in [0.29, 0.717) is 30.4 Å². The predicted octanol–water partition coefficient (Wildman–Crippen LogP) is 3.04. The van der Waals surface area contributed by atoms with Gasteiger partial charge in [0, 0.05) is 25.6 Å². The lowest BCUT2D eigenvalue weighted by Gasteiger charge is -2.28. The Kier molecular flexibility index (Phi) is 9.26. The number of halogens is 2. The van der Waals surface area contributed by atoms with Crippen LogP contribution in [-0.4, -0.2) is 26.1 Å². The number of nitrogens with one attached hydrogen (secondary N) is 2. The van der Waals surface area contributed by atoms with Crippen molar-refractivity contribution in [1.82, 2.24) is 10.6 Å². The van der Waals surface area contributed by atoms with Gasteiger partial charge in [-0.15, -0.1) is 12.4 Å². The standard InChI is InChI=1S/C18H27FN2O2.ClH/c1-13(15-4-3-7-20-11-15)8-18(22)21-10-14-5-6-17(19)16(9-14)12-23-2;/h5-6,9,13,15,20H,3-4,7-8,10-12H2,1-2H3,(H,21,22);1H. The van der Waals surface area contributed by atoms with Crippen molar-refractivity contribution in [1.29, 1.82) is 0 Å². The molecule has 1 heterocycles. The number of methoxy groups -OCH3 is 1. The van der Waals surface area contributed by atoms with E-state index in [9.17, 15) is 9.18 Å². The molecule has 1 amide bonds. The van der Waals surface area contributed by atoms with Crippen LogP contribution in [-0.2, 0) is 22.7 Å². The molecule has 1 fully saturated rings. The van der Waals surface area contributed by atoms with E-state index < -0.39 is 0 Å². The third kappa shape index (κ3) is 6.38. The molecule has 0 radical (unpaired) electrons. The van der Waals surface area contributed by atoms with Crippen molar-refractivity contribution >= 4 is 18.3 Å². The van der Waals surface area contributed by atoms with Crippen LogP contribution in [0.15, 0.2) is 18.2 Å². The van der Waals surface area contributed by atoms with Crippen LogP contribution in [0, 0.1) is 17.7 Å². The largest absolute Gasteiger partial charge is 0.380 e. The van der Waals surface area contributed by atoms with E-state index in [4.69, 9.17) is 4.74 Å². The second-order valence-corrected chi connectivity index (χ2v) is 6.42. The molecule has 1 aliphatic heterocycles. The molecule has 0 spiro atoms. The average molecular weight is 359 g/mol. The maximum Gasteiger partial charge on any atom is 0.220 e. The summed E-state index contributed by atoms with van der Waals surface area (Å²) in [5.41, 5.74) is 1.40. The summed E-state index contributed by atoms with van der Waals surface area (Å²) in [6, 6.07) is 4.86. The highest BCUT2D eigenvalue weighted by Gasteiger charge is 2.21. The van der Waals surface area contributed by atoms with Crippen molar-refractivity contribution in [2.75, 3.05) is 20.2 Å². The highest BCUT2D eigenvalue weighted by molar-refractivity contribution is 5.85. The molecule has 0 saturated carbocycles. The van der Waals surface area contributed by atoms with Gasteiger partial charge in [-0.3, -0.25) is 4.79 Å². The zero-order valence-electron chi connectivity index (χ0n) is 14.4. The van der Waals surface area contributed by atoms with Crippen LogP contribution >= 0.6 is 12.4 Å². The lowest BCUT2D eigenvalue weighted by atomic mass is 9.85. The summed E-state index contributed by atoms with van der Waals surface area (Å²) in [5, 5.41) is 6.33. The van der Waals surface area contributed by atoms with Crippen LogP contribution in [0.3, 0.4) is 0 Å². The summed E-state index contributed by atoms with van der Waals surface area (Å²) in [5.74, 6) is 0.731. The number of hydrogen-bond donors (Lipinski definition) is 2. The Balaban J connectivity index is 0.00000288. The van der Waals surface area contributed by atoms with E-state index in [2.05, 4.69) is 17.6 Å². The fraction of sp³-hybridized carbons (Fsp3) is 0.611. The Bertz CT molecular complexity index is 522. The van der Waals surface area contributed by atoms with Crippen LogP contribution in [0.25, 0.3) is 0 Å². The molecule has 2 atom stereocenters. The van der Waals surface area contributed by atoms with Crippen LogP contribution in [0.4, 0.5) is 4.39 Å². The maximum absolute atomic E-state index is 13.6. The number of carbonyl (C=O) groups excluding carboxylic acids is 1. The SMILES string of the molecule is COCc1cc(CNC(=O)CC(C)C2CCCNC2)ccc1F.Cl. The summed E-state index contributed by atoms with van der Waals surface area (Å²) >= 11 is 0. The Hall–Kier alpha value is -1.17. The molecule has 6 heteroatoms. The minimum absolute atomic E-state index is 0. The molecule has 0 aromatic heterocycles. The van der Waals surface area contributed by atoms with Crippen molar-refractivity contribution in [3.05, 3.63) is 35.1 Å². The summed E-state index contributed by atoms with van der Waals surface area (Å²) < 4.78 is 18.5. The number of ether oxygens (including phenoxy) is 1.